The minimum absolute atomic E-state index is 0.490. The van der Waals surface area contributed by atoms with Gasteiger partial charge in [0.2, 0.25) is 0 Å². The molecule has 1 aliphatic carbocycles. The molecule has 0 amide bonds. The van der Waals surface area contributed by atoms with Crippen molar-refractivity contribution < 1.29 is 9.21 Å². The van der Waals surface area contributed by atoms with Crippen molar-refractivity contribution >= 4 is 6.29 Å². The lowest BCUT2D eigenvalue weighted by Gasteiger charge is -2.12. The molecule has 0 spiro atoms. The first-order valence-electron chi connectivity index (χ1n) is 5.11. The third kappa shape index (κ3) is 1.49. The van der Waals surface area contributed by atoms with Crippen molar-refractivity contribution in [2.24, 2.45) is 5.92 Å². The Hall–Kier alpha value is -1.05. The van der Waals surface area contributed by atoms with E-state index >= 15 is 0 Å². The molecule has 0 N–H and O–H groups in total. The van der Waals surface area contributed by atoms with Gasteiger partial charge in [-0.1, -0.05) is 6.92 Å². The Kier molecular flexibility index (Phi) is 2.02. The number of aldehydes is 1. The van der Waals surface area contributed by atoms with Gasteiger partial charge in [-0.05, 0) is 38.3 Å². The molecule has 2 atom stereocenters. The summed E-state index contributed by atoms with van der Waals surface area (Å²) in [6, 6.07) is 3.93. The largest absolute Gasteiger partial charge is 0.465 e. The van der Waals surface area contributed by atoms with E-state index in [1.807, 2.05) is 26.0 Å². The maximum atomic E-state index is 10.8. The minimum Gasteiger partial charge on any atom is -0.465 e. The van der Waals surface area contributed by atoms with Crippen LogP contribution in [0.4, 0.5) is 0 Å². The molecule has 0 aliphatic heterocycles. The maximum Gasteiger partial charge on any atom is 0.133 e. The predicted octanol–water partition coefficient (Wildman–Crippen LogP) is 2.88. The van der Waals surface area contributed by atoms with E-state index in [4.69, 9.17) is 4.42 Å². The molecule has 1 fully saturated rings. The summed E-state index contributed by atoms with van der Waals surface area (Å²) >= 11 is 0. The summed E-state index contributed by atoms with van der Waals surface area (Å²) in [5.74, 6) is 3.16. The monoisotopic (exact) mass is 192 g/mol. The Morgan fingerprint density at radius 1 is 1.50 bits per heavy atom. The first kappa shape index (κ1) is 9.50. The molecule has 2 unspecified atom stereocenters. The third-order valence-electron chi connectivity index (χ3n) is 3.03. The van der Waals surface area contributed by atoms with Crippen molar-refractivity contribution in [1.82, 2.24) is 0 Å². The molecule has 1 saturated carbocycles. The highest BCUT2D eigenvalue weighted by Crippen LogP contribution is 2.47. The van der Waals surface area contributed by atoms with Crippen molar-refractivity contribution in [2.45, 2.75) is 38.5 Å². The molecular weight excluding hydrogens is 176 g/mol. The fraction of sp³-hybridized carbons (Fsp3) is 0.583. The van der Waals surface area contributed by atoms with Crippen molar-refractivity contribution in [3.63, 3.8) is 0 Å². The summed E-state index contributed by atoms with van der Waals surface area (Å²) in [5.41, 5.74) is -0.490. The van der Waals surface area contributed by atoms with E-state index in [1.54, 1.807) is 0 Å². The molecule has 0 radical (unpaired) electrons. The first-order valence-corrected chi connectivity index (χ1v) is 5.11. The second-order valence-electron chi connectivity index (χ2n) is 4.86. The number of hydrogen-bond acceptors (Lipinski definition) is 2. The lowest BCUT2D eigenvalue weighted by atomic mass is 9.93. The molecule has 1 heterocycles. The first-order chi connectivity index (χ1) is 6.54. The Bertz CT molecular complexity index is 349. The summed E-state index contributed by atoms with van der Waals surface area (Å²) in [6.45, 7) is 5.97. The quantitative estimate of drug-likeness (QED) is 0.689. The van der Waals surface area contributed by atoms with Gasteiger partial charge in [0.15, 0.2) is 0 Å². The third-order valence-corrected chi connectivity index (χ3v) is 3.03. The number of rotatable bonds is 3. The van der Waals surface area contributed by atoms with Crippen molar-refractivity contribution in [3.05, 3.63) is 23.7 Å². The van der Waals surface area contributed by atoms with Gasteiger partial charge < -0.3 is 9.21 Å². The van der Waals surface area contributed by atoms with Crippen LogP contribution >= 0.6 is 0 Å². The molecule has 1 aliphatic rings. The molecule has 2 heteroatoms. The van der Waals surface area contributed by atoms with Gasteiger partial charge in [0.05, 0.1) is 5.41 Å². The van der Waals surface area contributed by atoms with E-state index in [2.05, 4.69) is 6.92 Å². The van der Waals surface area contributed by atoms with Crippen LogP contribution in [0.3, 0.4) is 0 Å². The zero-order chi connectivity index (χ0) is 10.3. The Morgan fingerprint density at radius 3 is 2.64 bits per heavy atom. The average molecular weight is 192 g/mol. The zero-order valence-corrected chi connectivity index (χ0v) is 8.91. The molecule has 1 aromatic heterocycles. The minimum atomic E-state index is -0.490. The smallest absolute Gasteiger partial charge is 0.133 e. The van der Waals surface area contributed by atoms with E-state index in [0.29, 0.717) is 5.92 Å². The zero-order valence-electron chi connectivity index (χ0n) is 8.91. The van der Waals surface area contributed by atoms with Gasteiger partial charge >= 0.3 is 0 Å². The van der Waals surface area contributed by atoms with Crippen LogP contribution in [0.15, 0.2) is 16.5 Å². The number of carbonyl (C=O) groups excluding carboxylic acids is 1. The lowest BCUT2D eigenvalue weighted by molar-refractivity contribution is -0.112. The van der Waals surface area contributed by atoms with Crippen molar-refractivity contribution in [1.29, 1.82) is 0 Å². The van der Waals surface area contributed by atoms with E-state index in [-0.39, 0.29) is 0 Å². The second kappa shape index (κ2) is 2.97. The Labute approximate surface area is 84.3 Å². The van der Waals surface area contributed by atoms with Crippen LogP contribution in [-0.4, -0.2) is 6.29 Å². The highest BCUT2D eigenvalue weighted by molar-refractivity contribution is 5.65. The van der Waals surface area contributed by atoms with Gasteiger partial charge in [-0.3, -0.25) is 0 Å². The highest BCUT2D eigenvalue weighted by atomic mass is 16.3. The van der Waals surface area contributed by atoms with E-state index in [0.717, 1.165) is 23.7 Å². The summed E-state index contributed by atoms with van der Waals surface area (Å²) in [6.07, 6.45) is 2.15. The summed E-state index contributed by atoms with van der Waals surface area (Å²) in [7, 11) is 0. The van der Waals surface area contributed by atoms with Gasteiger partial charge in [-0.15, -0.1) is 0 Å². The van der Waals surface area contributed by atoms with Crippen molar-refractivity contribution in [2.75, 3.05) is 0 Å². The van der Waals surface area contributed by atoms with Gasteiger partial charge in [-0.25, -0.2) is 0 Å². The van der Waals surface area contributed by atoms with E-state index in [1.165, 1.54) is 6.42 Å². The molecule has 14 heavy (non-hydrogen) atoms. The fourth-order valence-corrected chi connectivity index (χ4v) is 1.68. The lowest BCUT2D eigenvalue weighted by Crippen LogP contribution is -2.17. The number of hydrogen-bond donors (Lipinski definition) is 0. The summed E-state index contributed by atoms with van der Waals surface area (Å²) in [5, 5.41) is 0. The van der Waals surface area contributed by atoms with E-state index < -0.39 is 5.41 Å². The predicted molar refractivity (Wildman–Crippen MR) is 54.3 cm³/mol. The van der Waals surface area contributed by atoms with Crippen LogP contribution < -0.4 is 0 Å². The molecule has 0 aromatic carbocycles. The van der Waals surface area contributed by atoms with Gasteiger partial charge in [-0.2, -0.15) is 0 Å². The molecule has 0 bridgehead atoms. The van der Waals surface area contributed by atoms with Gasteiger partial charge in [0, 0.05) is 5.92 Å². The molecule has 76 valence electrons. The summed E-state index contributed by atoms with van der Waals surface area (Å²) < 4.78 is 5.70. The normalized spacial score (nSPS) is 26.2. The molecule has 1 aromatic rings. The average Bonchev–Trinajstić information content (AvgIpc) is 2.70. The maximum absolute atomic E-state index is 10.8. The topological polar surface area (TPSA) is 30.2 Å². The van der Waals surface area contributed by atoms with Crippen LogP contribution in [0, 0.1) is 5.92 Å². The van der Waals surface area contributed by atoms with Crippen LogP contribution in [0.25, 0.3) is 0 Å². The van der Waals surface area contributed by atoms with E-state index in [9.17, 15) is 4.79 Å². The Balaban J connectivity index is 2.21. The van der Waals surface area contributed by atoms with Crippen LogP contribution in [0.2, 0.25) is 0 Å². The Morgan fingerprint density at radius 2 is 2.14 bits per heavy atom. The van der Waals surface area contributed by atoms with Gasteiger partial charge in [0.1, 0.15) is 17.8 Å². The fourth-order valence-electron chi connectivity index (χ4n) is 1.68. The number of furan rings is 1. The van der Waals surface area contributed by atoms with Crippen LogP contribution in [0.1, 0.15) is 44.6 Å². The highest BCUT2D eigenvalue weighted by Gasteiger charge is 2.37. The molecule has 0 saturated heterocycles. The van der Waals surface area contributed by atoms with Gasteiger partial charge in [0.25, 0.3) is 0 Å². The SMILES string of the molecule is CC1CC1c1ccc(C(C)(C)C=O)o1. The summed E-state index contributed by atoms with van der Waals surface area (Å²) in [4.78, 5) is 10.8. The molecular formula is C12H16O2. The number of carbonyl (C=O) groups is 1. The standard InChI is InChI=1S/C12H16O2/c1-8-6-9(8)10-4-5-11(14-10)12(2,3)7-13/h4-5,7-9H,6H2,1-3H3. The van der Waals surface area contributed by atoms with Crippen molar-refractivity contribution in [3.8, 4) is 0 Å². The van der Waals surface area contributed by atoms with Crippen LogP contribution in [0.5, 0.6) is 0 Å². The molecule has 2 rings (SSSR count). The van der Waals surface area contributed by atoms with Crippen LogP contribution in [-0.2, 0) is 10.2 Å². The second-order valence-corrected chi connectivity index (χ2v) is 4.86. The molecule has 2 nitrogen and oxygen atoms in total.